The molecule has 1 aliphatic heterocycles. The molecule has 0 spiro atoms. The van der Waals surface area contributed by atoms with Crippen molar-refractivity contribution in [3.8, 4) is 5.75 Å². The Balaban J connectivity index is 1.57. The second kappa shape index (κ2) is 7.80. The number of hydrogen-bond acceptors (Lipinski definition) is 3. The van der Waals surface area contributed by atoms with Crippen molar-refractivity contribution < 1.29 is 19.6 Å². The predicted molar refractivity (Wildman–Crippen MR) is 98.5 cm³/mol. The third kappa shape index (κ3) is 4.08. The highest BCUT2D eigenvalue weighted by Gasteiger charge is 2.41. The smallest absolute Gasteiger partial charge is 0.292 e. The summed E-state index contributed by atoms with van der Waals surface area (Å²) in [5, 5.41) is 1.96. The molecular formula is C19H20BrN2O3+. The fraction of sp³-hybridized carbons (Fsp3) is 0.263. The number of ether oxygens (including phenoxy) is 1. The summed E-state index contributed by atoms with van der Waals surface area (Å²) < 4.78 is 6.06. The number of rotatable bonds is 6. The van der Waals surface area contributed by atoms with Crippen LogP contribution in [0.2, 0.25) is 0 Å². The maximum atomic E-state index is 12.6. The van der Waals surface area contributed by atoms with Crippen LogP contribution in [0.5, 0.6) is 5.75 Å². The molecule has 0 saturated carbocycles. The van der Waals surface area contributed by atoms with Crippen molar-refractivity contribution in [2.24, 2.45) is 0 Å². The van der Waals surface area contributed by atoms with Gasteiger partial charge in [-0.2, -0.15) is 0 Å². The number of quaternary nitrogens is 1. The van der Waals surface area contributed by atoms with Crippen LogP contribution < -0.4 is 15.0 Å². The molecule has 2 N–H and O–H groups in total. The Morgan fingerprint density at radius 3 is 2.44 bits per heavy atom. The van der Waals surface area contributed by atoms with Crippen molar-refractivity contribution in [1.29, 1.82) is 0 Å². The topological polar surface area (TPSA) is 63.2 Å². The van der Waals surface area contributed by atoms with Gasteiger partial charge in [0.1, 0.15) is 5.75 Å². The standard InChI is InChI=1S/C19H19BrN2O3/c1-25-16-8-2-13(3-9-16)10-11-21-17-12-18(23)22(19(17)24)15-6-4-14(20)5-7-15/h2-9,17,21H,10-12H2,1H3/p+1/t17-/m0/s1. The van der Waals surface area contributed by atoms with E-state index in [0.717, 1.165) is 23.2 Å². The molecule has 0 aromatic heterocycles. The molecule has 6 heteroatoms. The summed E-state index contributed by atoms with van der Waals surface area (Å²) >= 11 is 3.36. The molecular weight excluding hydrogens is 384 g/mol. The maximum Gasteiger partial charge on any atom is 0.292 e. The maximum absolute atomic E-state index is 12.6. The van der Waals surface area contributed by atoms with Gasteiger partial charge in [-0.15, -0.1) is 0 Å². The molecule has 0 radical (unpaired) electrons. The van der Waals surface area contributed by atoms with Crippen molar-refractivity contribution in [2.45, 2.75) is 18.9 Å². The largest absolute Gasteiger partial charge is 0.497 e. The van der Waals surface area contributed by atoms with Gasteiger partial charge in [0, 0.05) is 10.9 Å². The number of benzene rings is 2. The minimum atomic E-state index is -0.339. The van der Waals surface area contributed by atoms with Gasteiger partial charge in [0.2, 0.25) is 5.91 Å². The molecule has 0 bridgehead atoms. The SMILES string of the molecule is COc1ccc(CC[NH2+][C@H]2CC(=O)N(c3ccc(Br)cc3)C2=O)cc1. The molecule has 3 rings (SSSR count). The van der Waals surface area contributed by atoms with Crippen molar-refractivity contribution in [3.63, 3.8) is 0 Å². The summed E-state index contributed by atoms with van der Waals surface area (Å²) in [7, 11) is 1.64. The van der Waals surface area contributed by atoms with Crippen molar-refractivity contribution in [1.82, 2.24) is 0 Å². The van der Waals surface area contributed by atoms with Crippen LogP contribution in [0.3, 0.4) is 0 Å². The van der Waals surface area contributed by atoms with E-state index in [4.69, 9.17) is 4.74 Å². The zero-order valence-corrected chi connectivity index (χ0v) is 15.5. The van der Waals surface area contributed by atoms with E-state index in [9.17, 15) is 9.59 Å². The van der Waals surface area contributed by atoms with Gasteiger partial charge in [0.15, 0.2) is 6.04 Å². The molecule has 1 aliphatic rings. The average molecular weight is 404 g/mol. The Morgan fingerprint density at radius 1 is 1.12 bits per heavy atom. The zero-order valence-electron chi connectivity index (χ0n) is 13.9. The predicted octanol–water partition coefficient (Wildman–Crippen LogP) is 1.90. The van der Waals surface area contributed by atoms with Crippen molar-refractivity contribution in [3.05, 3.63) is 58.6 Å². The molecule has 25 heavy (non-hydrogen) atoms. The van der Waals surface area contributed by atoms with Crippen LogP contribution in [-0.2, 0) is 16.0 Å². The quantitative estimate of drug-likeness (QED) is 0.749. The number of carbonyl (C=O) groups is 2. The van der Waals surface area contributed by atoms with Crippen LogP contribution in [0.15, 0.2) is 53.0 Å². The van der Waals surface area contributed by atoms with Crippen molar-refractivity contribution >= 4 is 33.4 Å². The first-order valence-electron chi connectivity index (χ1n) is 8.17. The Bertz CT molecular complexity index is 759. The first-order valence-corrected chi connectivity index (χ1v) is 8.96. The zero-order chi connectivity index (χ0) is 17.8. The minimum Gasteiger partial charge on any atom is -0.497 e. The lowest BCUT2D eigenvalue weighted by Gasteiger charge is -2.14. The molecule has 1 saturated heterocycles. The van der Waals surface area contributed by atoms with E-state index in [1.165, 1.54) is 10.5 Å². The van der Waals surface area contributed by atoms with E-state index in [1.54, 1.807) is 19.2 Å². The lowest BCUT2D eigenvalue weighted by molar-refractivity contribution is -0.674. The van der Waals surface area contributed by atoms with Crippen LogP contribution in [0, 0.1) is 0 Å². The summed E-state index contributed by atoms with van der Waals surface area (Å²) in [5.41, 5.74) is 1.81. The van der Waals surface area contributed by atoms with Gasteiger partial charge in [0.05, 0.1) is 25.8 Å². The van der Waals surface area contributed by atoms with E-state index in [2.05, 4.69) is 15.9 Å². The number of anilines is 1. The number of nitrogens with zero attached hydrogens (tertiary/aromatic N) is 1. The molecule has 130 valence electrons. The van der Waals surface area contributed by atoms with Gasteiger partial charge in [0.25, 0.3) is 5.91 Å². The van der Waals surface area contributed by atoms with Crippen molar-refractivity contribution in [2.75, 3.05) is 18.6 Å². The van der Waals surface area contributed by atoms with Gasteiger partial charge < -0.3 is 10.1 Å². The van der Waals surface area contributed by atoms with E-state index >= 15 is 0 Å². The molecule has 2 aromatic carbocycles. The summed E-state index contributed by atoms with van der Waals surface area (Å²) in [4.78, 5) is 26.1. The molecule has 1 atom stereocenters. The summed E-state index contributed by atoms with van der Waals surface area (Å²) in [6.07, 6.45) is 1.08. The highest BCUT2D eigenvalue weighted by atomic mass is 79.9. The summed E-state index contributed by atoms with van der Waals surface area (Å²) in [5.74, 6) is 0.550. The van der Waals surface area contributed by atoms with Crippen LogP contribution in [0.4, 0.5) is 5.69 Å². The Kier molecular flexibility index (Phi) is 5.50. The van der Waals surface area contributed by atoms with Crippen LogP contribution in [-0.4, -0.2) is 31.5 Å². The fourth-order valence-corrected chi connectivity index (χ4v) is 3.21. The molecule has 2 aromatic rings. The summed E-state index contributed by atoms with van der Waals surface area (Å²) in [6.45, 7) is 0.754. The lowest BCUT2D eigenvalue weighted by Crippen LogP contribution is -2.92. The van der Waals surface area contributed by atoms with Gasteiger partial charge in [-0.25, -0.2) is 4.90 Å². The normalized spacial score (nSPS) is 17.2. The Morgan fingerprint density at radius 2 is 1.80 bits per heavy atom. The average Bonchev–Trinajstić information content (AvgIpc) is 2.90. The first kappa shape index (κ1) is 17.6. The Hall–Kier alpha value is -2.18. The highest BCUT2D eigenvalue weighted by molar-refractivity contribution is 9.10. The van der Waals surface area contributed by atoms with Gasteiger partial charge in [-0.05, 0) is 42.0 Å². The number of amides is 2. The minimum absolute atomic E-state index is 0.137. The third-order valence-electron chi connectivity index (χ3n) is 4.31. The molecule has 5 nitrogen and oxygen atoms in total. The van der Waals surface area contributed by atoms with Gasteiger partial charge >= 0.3 is 0 Å². The lowest BCUT2D eigenvalue weighted by atomic mass is 10.1. The fourth-order valence-electron chi connectivity index (χ4n) is 2.94. The molecule has 2 amide bonds. The van der Waals surface area contributed by atoms with E-state index in [-0.39, 0.29) is 24.3 Å². The highest BCUT2D eigenvalue weighted by Crippen LogP contribution is 2.23. The number of methoxy groups -OCH3 is 1. The van der Waals surface area contributed by atoms with Crippen LogP contribution in [0.1, 0.15) is 12.0 Å². The first-order chi connectivity index (χ1) is 12.1. The Labute approximate surface area is 155 Å². The van der Waals surface area contributed by atoms with E-state index in [1.807, 2.05) is 41.7 Å². The molecule has 1 heterocycles. The third-order valence-corrected chi connectivity index (χ3v) is 4.84. The number of imide groups is 1. The summed E-state index contributed by atoms with van der Waals surface area (Å²) in [6, 6.07) is 14.8. The molecule has 0 aliphatic carbocycles. The number of hydrogen-bond donors (Lipinski definition) is 1. The van der Waals surface area contributed by atoms with Gasteiger partial charge in [-0.1, -0.05) is 28.1 Å². The van der Waals surface area contributed by atoms with Crippen LogP contribution in [0.25, 0.3) is 0 Å². The second-order valence-corrected chi connectivity index (χ2v) is 6.89. The number of nitrogens with two attached hydrogens (primary N) is 1. The molecule has 1 fully saturated rings. The second-order valence-electron chi connectivity index (χ2n) is 5.98. The van der Waals surface area contributed by atoms with E-state index < -0.39 is 0 Å². The van der Waals surface area contributed by atoms with Gasteiger partial charge in [-0.3, -0.25) is 9.59 Å². The number of carbonyl (C=O) groups excluding carboxylic acids is 2. The molecule has 0 unspecified atom stereocenters. The monoisotopic (exact) mass is 403 g/mol. The van der Waals surface area contributed by atoms with Crippen LogP contribution >= 0.6 is 15.9 Å². The van der Waals surface area contributed by atoms with E-state index in [0.29, 0.717) is 5.69 Å². The number of halogens is 1.